The van der Waals surface area contributed by atoms with E-state index in [-0.39, 0.29) is 11.7 Å². The Kier molecular flexibility index (Phi) is 3.72. The second kappa shape index (κ2) is 4.84. The normalized spacial score (nSPS) is 35.4. The van der Waals surface area contributed by atoms with Gasteiger partial charge in [-0.2, -0.15) is 0 Å². The molecule has 1 amide bonds. The largest absolute Gasteiger partial charge is 0.325 e. The molecule has 1 saturated heterocycles. The highest BCUT2D eigenvalue weighted by Crippen LogP contribution is 2.40. The molecule has 1 aliphatic carbocycles. The van der Waals surface area contributed by atoms with Gasteiger partial charge in [-0.3, -0.25) is 10.1 Å². The van der Waals surface area contributed by atoms with Gasteiger partial charge in [0.05, 0.1) is 11.7 Å². The number of nitrogens with zero attached hydrogens (tertiary/aromatic N) is 1. The Morgan fingerprint density at radius 3 is 2.39 bits per heavy atom. The van der Waals surface area contributed by atoms with Crippen molar-refractivity contribution in [1.29, 1.82) is 0 Å². The number of carbonyl (C=O) groups excluding carboxylic acids is 1. The van der Waals surface area contributed by atoms with Crippen LogP contribution in [-0.2, 0) is 4.79 Å². The summed E-state index contributed by atoms with van der Waals surface area (Å²) in [7, 11) is 0. The minimum Gasteiger partial charge on any atom is -0.325 e. The fraction of sp³-hybridized carbons (Fsp3) is 0.933. The van der Waals surface area contributed by atoms with Crippen molar-refractivity contribution in [3.63, 3.8) is 0 Å². The third-order valence-corrected chi connectivity index (χ3v) is 5.05. The molecule has 3 nitrogen and oxygen atoms in total. The van der Waals surface area contributed by atoms with Gasteiger partial charge in [0.15, 0.2) is 0 Å². The summed E-state index contributed by atoms with van der Waals surface area (Å²) < 4.78 is 0. The van der Waals surface area contributed by atoms with Gasteiger partial charge in [-0.15, -0.1) is 0 Å². The summed E-state index contributed by atoms with van der Waals surface area (Å²) in [5, 5.41) is 3.53. The third kappa shape index (κ3) is 2.29. The van der Waals surface area contributed by atoms with Gasteiger partial charge in [0.1, 0.15) is 0 Å². The smallest absolute Gasteiger partial charge is 0.243 e. The number of hydrogen-bond donors (Lipinski definition) is 1. The molecule has 104 valence electrons. The van der Waals surface area contributed by atoms with Crippen molar-refractivity contribution in [2.75, 3.05) is 6.54 Å². The molecule has 1 N–H and O–H groups in total. The highest BCUT2D eigenvalue weighted by atomic mass is 16.2. The molecular weight excluding hydrogens is 224 g/mol. The number of amides is 1. The molecule has 1 saturated carbocycles. The molecular formula is C15H28N2O. The van der Waals surface area contributed by atoms with Gasteiger partial charge >= 0.3 is 0 Å². The molecule has 0 aromatic rings. The van der Waals surface area contributed by atoms with E-state index in [4.69, 9.17) is 0 Å². The van der Waals surface area contributed by atoms with Gasteiger partial charge in [-0.1, -0.05) is 33.6 Å². The maximum absolute atomic E-state index is 12.6. The molecule has 0 bridgehead atoms. The molecule has 0 radical (unpaired) electrons. The van der Waals surface area contributed by atoms with Crippen molar-refractivity contribution in [2.45, 2.75) is 77.9 Å². The summed E-state index contributed by atoms with van der Waals surface area (Å²) in [6.07, 6.45) is 7.31. The lowest BCUT2D eigenvalue weighted by atomic mass is 9.87. The van der Waals surface area contributed by atoms with Crippen LogP contribution < -0.4 is 5.32 Å². The van der Waals surface area contributed by atoms with E-state index >= 15 is 0 Å². The monoisotopic (exact) mass is 252 g/mol. The Labute approximate surface area is 111 Å². The number of nitrogens with one attached hydrogen (secondary N) is 1. The van der Waals surface area contributed by atoms with Gasteiger partial charge in [-0.05, 0) is 38.0 Å². The quantitative estimate of drug-likeness (QED) is 0.834. The van der Waals surface area contributed by atoms with Crippen LogP contribution >= 0.6 is 0 Å². The first kappa shape index (κ1) is 13.9. The Morgan fingerprint density at radius 1 is 1.28 bits per heavy atom. The standard InChI is InChI=1S/C15H28N2O/c1-5-12-16-15(4,6-2)13(18)17(12)11-14(3)9-7-8-10-14/h12,16H,5-11H2,1-4H3. The minimum absolute atomic E-state index is 0.236. The Morgan fingerprint density at radius 2 is 1.89 bits per heavy atom. The fourth-order valence-corrected chi connectivity index (χ4v) is 3.52. The van der Waals surface area contributed by atoms with Crippen LogP contribution in [0.15, 0.2) is 0 Å². The van der Waals surface area contributed by atoms with Crippen LogP contribution in [0.2, 0.25) is 0 Å². The van der Waals surface area contributed by atoms with Crippen LogP contribution in [0, 0.1) is 5.41 Å². The molecule has 2 fully saturated rings. The van der Waals surface area contributed by atoms with Crippen LogP contribution in [-0.4, -0.2) is 29.1 Å². The average Bonchev–Trinajstić information content (AvgIpc) is 2.88. The Bertz CT molecular complexity index is 322. The highest BCUT2D eigenvalue weighted by molar-refractivity contribution is 5.88. The van der Waals surface area contributed by atoms with Gasteiger partial charge in [0, 0.05) is 6.54 Å². The predicted octanol–water partition coefficient (Wildman–Crippen LogP) is 2.90. The summed E-state index contributed by atoms with van der Waals surface area (Å²) in [5.41, 5.74) is 0.0133. The maximum Gasteiger partial charge on any atom is 0.243 e. The lowest BCUT2D eigenvalue weighted by molar-refractivity contribution is -0.134. The highest BCUT2D eigenvalue weighted by Gasteiger charge is 2.48. The molecule has 0 aromatic heterocycles. The van der Waals surface area contributed by atoms with Crippen molar-refractivity contribution >= 4 is 5.91 Å². The minimum atomic E-state index is -0.338. The number of rotatable bonds is 4. The van der Waals surface area contributed by atoms with E-state index in [0.29, 0.717) is 11.3 Å². The molecule has 1 heterocycles. The zero-order valence-corrected chi connectivity index (χ0v) is 12.4. The average molecular weight is 252 g/mol. The Balaban J connectivity index is 2.13. The summed E-state index contributed by atoms with van der Waals surface area (Å²) in [5.74, 6) is 0.310. The molecule has 2 unspecified atom stereocenters. The lowest BCUT2D eigenvalue weighted by Crippen LogP contribution is -2.44. The SMILES string of the molecule is CCC1NC(C)(CC)C(=O)N1CC1(C)CCCC1. The summed E-state index contributed by atoms with van der Waals surface area (Å²) in [6, 6.07) is 0. The molecule has 1 aliphatic heterocycles. The van der Waals surface area contributed by atoms with E-state index in [1.807, 2.05) is 0 Å². The summed E-state index contributed by atoms with van der Waals surface area (Å²) in [6.45, 7) is 9.60. The van der Waals surface area contributed by atoms with E-state index in [0.717, 1.165) is 19.4 Å². The van der Waals surface area contributed by atoms with Crippen LogP contribution in [0.25, 0.3) is 0 Å². The predicted molar refractivity (Wildman–Crippen MR) is 74.2 cm³/mol. The molecule has 3 heteroatoms. The molecule has 0 spiro atoms. The zero-order valence-electron chi connectivity index (χ0n) is 12.4. The second-order valence-corrected chi connectivity index (χ2v) is 6.70. The second-order valence-electron chi connectivity index (χ2n) is 6.70. The topological polar surface area (TPSA) is 32.3 Å². The molecule has 18 heavy (non-hydrogen) atoms. The molecule has 0 aromatic carbocycles. The first-order valence-corrected chi connectivity index (χ1v) is 7.53. The van der Waals surface area contributed by atoms with Crippen molar-refractivity contribution in [3.8, 4) is 0 Å². The maximum atomic E-state index is 12.6. The van der Waals surface area contributed by atoms with Gasteiger partial charge in [0.25, 0.3) is 0 Å². The number of hydrogen-bond acceptors (Lipinski definition) is 2. The van der Waals surface area contributed by atoms with Crippen LogP contribution in [0.3, 0.4) is 0 Å². The van der Waals surface area contributed by atoms with Crippen molar-refractivity contribution in [1.82, 2.24) is 10.2 Å². The van der Waals surface area contributed by atoms with Gasteiger partial charge in [-0.25, -0.2) is 0 Å². The molecule has 2 rings (SSSR count). The van der Waals surface area contributed by atoms with Gasteiger partial charge < -0.3 is 4.90 Å². The van der Waals surface area contributed by atoms with Gasteiger partial charge in [0.2, 0.25) is 5.91 Å². The van der Waals surface area contributed by atoms with Crippen molar-refractivity contribution in [2.24, 2.45) is 5.41 Å². The van der Waals surface area contributed by atoms with Crippen molar-refractivity contribution < 1.29 is 4.79 Å². The van der Waals surface area contributed by atoms with E-state index in [1.165, 1.54) is 25.7 Å². The van der Waals surface area contributed by atoms with Crippen molar-refractivity contribution in [3.05, 3.63) is 0 Å². The van der Waals surface area contributed by atoms with E-state index < -0.39 is 0 Å². The van der Waals surface area contributed by atoms with Crippen LogP contribution in [0.4, 0.5) is 0 Å². The zero-order chi connectivity index (χ0) is 13.4. The van der Waals surface area contributed by atoms with E-state index in [9.17, 15) is 4.79 Å². The van der Waals surface area contributed by atoms with Crippen LogP contribution in [0.5, 0.6) is 0 Å². The fourth-order valence-electron chi connectivity index (χ4n) is 3.52. The first-order chi connectivity index (χ1) is 8.44. The Hall–Kier alpha value is -0.570. The van der Waals surface area contributed by atoms with Crippen LogP contribution in [0.1, 0.15) is 66.2 Å². The summed E-state index contributed by atoms with van der Waals surface area (Å²) in [4.78, 5) is 14.7. The molecule has 2 atom stereocenters. The third-order valence-electron chi connectivity index (χ3n) is 5.05. The summed E-state index contributed by atoms with van der Waals surface area (Å²) >= 11 is 0. The lowest BCUT2D eigenvalue weighted by Gasteiger charge is -2.33. The number of carbonyl (C=O) groups is 1. The van der Waals surface area contributed by atoms with E-state index in [1.54, 1.807) is 0 Å². The van der Waals surface area contributed by atoms with E-state index in [2.05, 4.69) is 37.9 Å². The molecule has 2 aliphatic rings. The first-order valence-electron chi connectivity index (χ1n) is 7.53.